The van der Waals surface area contributed by atoms with Crippen molar-refractivity contribution >= 4 is 40.0 Å². The minimum Gasteiger partial charge on any atom is -0.464 e. The number of hydrazine groups is 1. The second-order valence-corrected chi connectivity index (χ2v) is 17.3. The van der Waals surface area contributed by atoms with Gasteiger partial charge in [-0.3, -0.25) is 24.4 Å². The van der Waals surface area contributed by atoms with Crippen LogP contribution in [0.25, 0.3) is 33.4 Å². The first-order valence-corrected chi connectivity index (χ1v) is 19.7. The average Bonchev–Trinajstić information content (AvgIpc) is 3.44. The van der Waals surface area contributed by atoms with Crippen LogP contribution >= 0.6 is 11.3 Å². The molecule has 1 saturated heterocycles. The van der Waals surface area contributed by atoms with Crippen LogP contribution in [0.1, 0.15) is 83.7 Å². The summed E-state index contributed by atoms with van der Waals surface area (Å²) < 4.78 is 14.2. The summed E-state index contributed by atoms with van der Waals surface area (Å²) in [7, 11) is 1.70. The summed E-state index contributed by atoms with van der Waals surface area (Å²) >= 11 is 1.49. The van der Waals surface area contributed by atoms with Crippen LogP contribution in [-0.2, 0) is 43.2 Å². The highest BCUT2D eigenvalue weighted by molar-refractivity contribution is 7.10. The van der Waals surface area contributed by atoms with Crippen LogP contribution in [-0.4, -0.2) is 69.7 Å². The first-order chi connectivity index (χ1) is 25.2. The third-order valence-electron chi connectivity index (χ3n) is 11.8. The zero-order valence-corrected chi connectivity index (χ0v) is 32.9. The quantitative estimate of drug-likeness (QED) is 0.215. The smallest absolute Gasteiger partial charge is 0.324 e. The molecular formula is C41H52N6O5S. The number of rotatable bonds is 6. The third-order valence-corrected chi connectivity index (χ3v) is 12.7. The number of carbonyl (C=O) groups excluding carboxylic acids is 3. The highest BCUT2D eigenvalue weighted by Crippen LogP contribution is 2.57. The van der Waals surface area contributed by atoms with Gasteiger partial charge in [0, 0.05) is 71.6 Å². The number of hydrogen-bond donors (Lipinski definition) is 2. The topological polar surface area (TPSA) is 128 Å². The average molecular weight is 741 g/mol. The minimum atomic E-state index is -0.844. The van der Waals surface area contributed by atoms with Crippen LogP contribution in [0, 0.1) is 22.7 Å². The van der Waals surface area contributed by atoms with Crippen molar-refractivity contribution in [1.29, 1.82) is 0 Å². The summed E-state index contributed by atoms with van der Waals surface area (Å²) in [5.41, 5.74) is 9.55. The van der Waals surface area contributed by atoms with E-state index in [0.717, 1.165) is 56.2 Å². The summed E-state index contributed by atoms with van der Waals surface area (Å²) in [6.07, 6.45) is 3.62. The molecule has 5 heterocycles. The summed E-state index contributed by atoms with van der Waals surface area (Å²) in [4.78, 5) is 51.2. The number of fused-ring (bicyclic) bond motifs is 6. The van der Waals surface area contributed by atoms with E-state index in [1.807, 2.05) is 18.4 Å². The molecule has 6 bridgehead atoms. The van der Waals surface area contributed by atoms with Crippen molar-refractivity contribution in [1.82, 2.24) is 30.3 Å². The Hall–Kier alpha value is -4.13. The van der Waals surface area contributed by atoms with Crippen molar-refractivity contribution in [3.05, 3.63) is 58.2 Å². The zero-order chi connectivity index (χ0) is 37.8. The van der Waals surface area contributed by atoms with Gasteiger partial charge in [0.05, 0.1) is 34.8 Å². The Bertz CT molecular complexity index is 2050. The lowest BCUT2D eigenvalue weighted by Gasteiger charge is -2.35. The molecule has 3 aliphatic rings. The number of cyclic esters (lactones) is 1. The molecule has 1 aliphatic carbocycles. The number of nitrogens with zero attached hydrogens (tertiary/aromatic N) is 4. The van der Waals surface area contributed by atoms with Crippen molar-refractivity contribution in [2.24, 2.45) is 22.7 Å². The van der Waals surface area contributed by atoms with Crippen LogP contribution in [0.2, 0.25) is 0 Å². The first kappa shape index (κ1) is 37.2. The molecule has 12 heteroatoms. The van der Waals surface area contributed by atoms with E-state index in [1.54, 1.807) is 13.3 Å². The highest BCUT2D eigenvalue weighted by Gasteiger charge is 2.59. The first-order valence-electron chi connectivity index (χ1n) is 18.9. The molecule has 0 spiro atoms. The zero-order valence-electron chi connectivity index (χ0n) is 32.1. The molecule has 2 amide bonds. The predicted octanol–water partition coefficient (Wildman–Crippen LogP) is 6.49. The summed E-state index contributed by atoms with van der Waals surface area (Å²) in [6.45, 7) is 16.0. The number of amides is 2. The molecule has 2 fully saturated rings. The van der Waals surface area contributed by atoms with Gasteiger partial charge in [0.15, 0.2) is 0 Å². The van der Waals surface area contributed by atoms with Gasteiger partial charge in [-0.05, 0) is 74.3 Å². The van der Waals surface area contributed by atoms with Crippen molar-refractivity contribution in [2.75, 3.05) is 20.3 Å². The molecule has 3 aromatic heterocycles. The van der Waals surface area contributed by atoms with E-state index in [4.69, 9.17) is 19.4 Å². The number of hydrogen-bond acceptors (Lipinski definition) is 9. The molecule has 53 heavy (non-hydrogen) atoms. The molecule has 1 saturated carbocycles. The lowest BCUT2D eigenvalue weighted by atomic mass is 9.84. The summed E-state index contributed by atoms with van der Waals surface area (Å²) in [6, 6.07) is 9.03. The number of aryl methyl sites for hydroxylation is 1. The number of methoxy groups -OCH3 is 1. The van der Waals surface area contributed by atoms with Gasteiger partial charge in [0.2, 0.25) is 5.91 Å². The van der Waals surface area contributed by atoms with E-state index in [-0.39, 0.29) is 48.2 Å². The van der Waals surface area contributed by atoms with Gasteiger partial charge in [-0.1, -0.05) is 40.7 Å². The number of pyridine rings is 1. The van der Waals surface area contributed by atoms with E-state index in [1.165, 1.54) is 16.3 Å². The number of aromatic nitrogens is 3. The minimum absolute atomic E-state index is 0.124. The maximum absolute atomic E-state index is 14.2. The highest BCUT2D eigenvalue weighted by atomic mass is 32.1. The van der Waals surface area contributed by atoms with E-state index < -0.39 is 23.5 Å². The van der Waals surface area contributed by atoms with E-state index >= 15 is 0 Å². The number of benzene rings is 1. The maximum Gasteiger partial charge on any atom is 0.324 e. The number of nitrogens with one attached hydrogen (secondary N) is 2. The molecule has 282 valence electrons. The van der Waals surface area contributed by atoms with Crippen LogP contribution in [0.15, 0.2) is 41.9 Å². The van der Waals surface area contributed by atoms with Gasteiger partial charge in [0.1, 0.15) is 12.1 Å². The van der Waals surface area contributed by atoms with Gasteiger partial charge in [-0.25, -0.2) is 10.4 Å². The van der Waals surface area contributed by atoms with Crippen molar-refractivity contribution in [2.45, 2.75) is 98.9 Å². The fourth-order valence-electron chi connectivity index (χ4n) is 8.28. The summed E-state index contributed by atoms with van der Waals surface area (Å²) in [5.74, 6) is -0.747. The summed E-state index contributed by atoms with van der Waals surface area (Å²) in [5, 5.41) is 8.46. The Morgan fingerprint density at radius 2 is 1.98 bits per heavy atom. The number of carbonyl (C=O) groups is 3. The Kier molecular flexibility index (Phi) is 10.0. The number of ether oxygens (including phenoxy) is 2. The second kappa shape index (κ2) is 14.3. The van der Waals surface area contributed by atoms with Crippen LogP contribution in [0.4, 0.5) is 0 Å². The molecule has 0 radical (unpaired) electrons. The van der Waals surface area contributed by atoms with Crippen LogP contribution in [0.3, 0.4) is 0 Å². The monoisotopic (exact) mass is 740 g/mol. The molecule has 2 aliphatic heterocycles. The second-order valence-electron chi connectivity index (χ2n) is 16.4. The lowest BCUT2D eigenvalue weighted by molar-refractivity contribution is -0.155. The normalized spacial score (nSPS) is 24.7. The molecule has 1 aromatic carbocycles. The molecule has 7 rings (SSSR count). The van der Waals surface area contributed by atoms with Gasteiger partial charge >= 0.3 is 5.97 Å². The van der Waals surface area contributed by atoms with Gasteiger partial charge in [-0.2, -0.15) is 0 Å². The fraction of sp³-hybridized carbons (Fsp3) is 0.537. The Morgan fingerprint density at radius 3 is 2.70 bits per heavy atom. The van der Waals surface area contributed by atoms with Gasteiger partial charge < -0.3 is 19.4 Å². The maximum atomic E-state index is 14.2. The predicted molar refractivity (Wildman–Crippen MR) is 206 cm³/mol. The van der Waals surface area contributed by atoms with E-state index in [2.05, 4.69) is 81.1 Å². The molecule has 4 aromatic rings. The Balaban J connectivity index is 1.35. The fourth-order valence-corrected chi connectivity index (χ4v) is 9.14. The largest absolute Gasteiger partial charge is 0.464 e. The third kappa shape index (κ3) is 7.01. The van der Waals surface area contributed by atoms with Crippen molar-refractivity contribution < 1.29 is 23.9 Å². The Labute approximate surface area is 315 Å². The van der Waals surface area contributed by atoms with Crippen molar-refractivity contribution in [3.63, 3.8) is 0 Å². The number of thiazole rings is 1. The lowest BCUT2D eigenvalue weighted by Crippen LogP contribution is -2.60. The van der Waals surface area contributed by atoms with E-state index in [0.29, 0.717) is 25.8 Å². The van der Waals surface area contributed by atoms with Crippen molar-refractivity contribution in [3.8, 4) is 22.5 Å². The van der Waals surface area contributed by atoms with Gasteiger partial charge in [0.25, 0.3) is 5.91 Å². The SMILES string of the molecule is CCn1c(-c2cccnc2[C@H](C)OC)c2c3cc(ccc31)-c1csc(n1)C[C@H](NC(=O)[C@@H]1[C@@H](C)C1(C)C)C(=O)N1CCC[C@H](N1)C(=O)OCC(C)(C)C2. The van der Waals surface area contributed by atoms with Crippen LogP contribution in [0.5, 0.6) is 0 Å². The molecule has 11 nitrogen and oxygen atoms in total. The molecular weight excluding hydrogens is 689 g/mol. The molecule has 0 unspecified atom stereocenters. The van der Waals surface area contributed by atoms with Gasteiger partial charge in [-0.15, -0.1) is 11.3 Å². The molecule has 2 N–H and O–H groups in total. The standard InChI is InChI=1S/C41H52N6O5S/c1-9-46-32-15-14-25-18-27(32)28(36(46)26-12-10-16-42-35(26)24(3)51-8)20-40(4,5)22-52-39(50)29-13-11-17-47(45-29)38(49)30(19-33-43-31(25)21-53-33)44-37(48)34-23(2)41(34,6)7/h10,12,14-16,18,21,23-24,29-30,34,45H,9,11,13,17,19-20,22H2,1-8H3,(H,44,48)/t23-,24+,29+,30+,34+/m1/s1. The van der Waals surface area contributed by atoms with E-state index in [9.17, 15) is 14.4 Å². The Morgan fingerprint density at radius 1 is 1.21 bits per heavy atom. The number of esters is 1. The van der Waals surface area contributed by atoms with Crippen LogP contribution < -0.4 is 10.7 Å². The molecule has 5 atom stereocenters.